The van der Waals surface area contributed by atoms with Crippen molar-refractivity contribution in [3.63, 3.8) is 0 Å². The number of aromatic nitrogens is 4. The second kappa shape index (κ2) is 5.87. The lowest BCUT2D eigenvalue weighted by Gasteiger charge is -2.09. The molecule has 0 saturated carbocycles. The summed E-state index contributed by atoms with van der Waals surface area (Å²) in [6.07, 6.45) is 0.125. The van der Waals surface area contributed by atoms with E-state index >= 15 is 0 Å². The highest BCUT2D eigenvalue weighted by Crippen LogP contribution is 2.12. The molecule has 1 unspecified atom stereocenters. The average molecular weight is 276 g/mol. The fourth-order valence-corrected chi connectivity index (χ4v) is 1.63. The number of non-ortho nitro benzene ring substituents is 1. The number of carbonyl (C=O) groups is 1. The van der Waals surface area contributed by atoms with E-state index in [1.807, 2.05) is 0 Å². The van der Waals surface area contributed by atoms with Crippen LogP contribution in [0.1, 0.15) is 24.4 Å². The van der Waals surface area contributed by atoms with Gasteiger partial charge in [0.1, 0.15) is 0 Å². The van der Waals surface area contributed by atoms with E-state index in [9.17, 15) is 14.9 Å². The maximum Gasteiger partial charge on any atom is 0.269 e. The third-order valence-electron chi connectivity index (χ3n) is 2.64. The molecular weight excluding hydrogens is 264 g/mol. The molecule has 1 atom stereocenters. The van der Waals surface area contributed by atoms with Crippen LogP contribution in [0, 0.1) is 10.1 Å². The van der Waals surface area contributed by atoms with E-state index in [0.717, 1.165) is 0 Å². The highest BCUT2D eigenvalue weighted by Gasteiger charge is 2.14. The lowest BCUT2D eigenvalue weighted by molar-refractivity contribution is -0.384. The summed E-state index contributed by atoms with van der Waals surface area (Å²) in [5, 5.41) is 26.5. The van der Waals surface area contributed by atoms with Gasteiger partial charge in [-0.15, -0.1) is 10.2 Å². The minimum atomic E-state index is -0.484. The van der Waals surface area contributed by atoms with Crippen LogP contribution in [0.25, 0.3) is 0 Å². The fraction of sp³-hybridized carbons (Fsp3) is 0.273. The Bertz CT molecular complexity index is 595. The molecule has 0 saturated heterocycles. The number of H-pyrrole nitrogens is 1. The van der Waals surface area contributed by atoms with Gasteiger partial charge in [0.15, 0.2) is 5.82 Å². The number of hydrogen-bond acceptors (Lipinski definition) is 6. The van der Waals surface area contributed by atoms with E-state index in [1.54, 1.807) is 19.1 Å². The Labute approximate surface area is 113 Å². The van der Waals surface area contributed by atoms with Crippen molar-refractivity contribution in [1.29, 1.82) is 0 Å². The van der Waals surface area contributed by atoms with Crippen LogP contribution in [-0.4, -0.2) is 31.5 Å². The van der Waals surface area contributed by atoms with Crippen molar-refractivity contribution in [3.05, 3.63) is 45.8 Å². The molecule has 2 aromatic rings. The van der Waals surface area contributed by atoms with Crippen LogP contribution in [0.3, 0.4) is 0 Å². The Morgan fingerprint density at radius 2 is 2.15 bits per heavy atom. The molecule has 9 nitrogen and oxygen atoms in total. The summed E-state index contributed by atoms with van der Waals surface area (Å²) in [5.74, 6) is 0.165. The van der Waals surface area contributed by atoms with Crippen molar-refractivity contribution in [3.8, 4) is 0 Å². The first-order valence-corrected chi connectivity index (χ1v) is 5.82. The van der Waals surface area contributed by atoms with E-state index in [0.29, 0.717) is 11.4 Å². The minimum absolute atomic E-state index is 0.00526. The van der Waals surface area contributed by atoms with Gasteiger partial charge in [0.05, 0.1) is 17.4 Å². The monoisotopic (exact) mass is 276 g/mol. The van der Waals surface area contributed by atoms with Gasteiger partial charge in [-0.2, -0.15) is 5.21 Å². The number of benzene rings is 1. The predicted molar refractivity (Wildman–Crippen MR) is 67.5 cm³/mol. The van der Waals surface area contributed by atoms with E-state index in [2.05, 4.69) is 25.9 Å². The zero-order valence-corrected chi connectivity index (χ0v) is 10.6. The molecule has 2 N–H and O–H groups in total. The third kappa shape index (κ3) is 3.34. The van der Waals surface area contributed by atoms with Crippen LogP contribution in [-0.2, 0) is 11.2 Å². The van der Waals surface area contributed by atoms with E-state index in [-0.39, 0.29) is 24.1 Å². The van der Waals surface area contributed by atoms with Gasteiger partial charge in [-0.1, -0.05) is 17.3 Å². The van der Waals surface area contributed by atoms with E-state index in [4.69, 9.17) is 0 Å². The smallest absolute Gasteiger partial charge is 0.269 e. The summed E-state index contributed by atoms with van der Waals surface area (Å²) in [6, 6.07) is 5.48. The van der Waals surface area contributed by atoms with Crippen molar-refractivity contribution in [2.75, 3.05) is 0 Å². The molecule has 0 aliphatic rings. The summed E-state index contributed by atoms with van der Waals surface area (Å²) in [4.78, 5) is 21.8. The number of hydrogen-bond donors (Lipinski definition) is 2. The first-order chi connectivity index (χ1) is 9.56. The van der Waals surface area contributed by atoms with Crippen molar-refractivity contribution in [1.82, 2.24) is 25.9 Å². The number of nitrogens with one attached hydrogen (secondary N) is 2. The number of nitrogens with zero attached hydrogens (tertiary/aromatic N) is 4. The maximum absolute atomic E-state index is 11.8. The highest BCUT2D eigenvalue weighted by molar-refractivity contribution is 5.78. The largest absolute Gasteiger partial charge is 0.346 e. The van der Waals surface area contributed by atoms with Gasteiger partial charge in [0, 0.05) is 12.1 Å². The Hall–Kier alpha value is -2.84. The van der Waals surface area contributed by atoms with Crippen LogP contribution >= 0.6 is 0 Å². The molecule has 0 fully saturated rings. The van der Waals surface area contributed by atoms with Crippen LogP contribution in [0.5, 0.6) is 0 Å². The lowest BCUT2D eigenvalue weighted by atomic mass is 10.1. The zero-order valence-electron chi connectivity index (χ0n) is 10.6. The van der Waals surface area contributed by atoms with E-state index in [1.165, 1.54) is 12.1 Å². The van der Waals surface area contributed by atoms with Crippen molar-refractivity contribution in [2.45, 2.75) is 19.4 Å². The molecule has 1 aromatic heterocycles. The number of nitro groups is 1. The minimum Gasteiger partial charge on any atom is -0.346 e. The molecule has 0 bridgehead atoms. The fourth-order valence-electron chi connectivity index (χ4n) is 1.63. The number of aromatic amines is 1. The molecule has 0 aliphatic carbocycles. The van der Waals surface area contributed by atoms with Gasteiger partial charge in [0.25, 0.3) is 5.69 Å². The van der Waals surface area contributed by atoms with Gasteiger partial charge in [-0.05, 0) is 12.5 Å². The summed E-state index contributed by atoms with van der Waals surface area (Å²) in [6.45, 7) is 1.73. The second-order valence-corrected chi connectivity index (χ2v) is 4.16. The van der Waals surface area contributed by atoms with Gasteiger partial charge >= 0.3 is 0 Å². The molecular formula is C11H12N6O3. The van der Waals surface area contributed by atoms with Crippen molar-refractivity contribution in [2.24, 2.45) is 0 Å². The molecule has 1 aromatic carbocycles. The highest BCUT2D eigenvalue weighted by atomic mass is 16.6. The van der Waals surface area contributed by atoms with Crippen LogP contribution in [0.4, 0.5) is 5.69 Å². The molecule has 2 rings (SSSR count). The Morgan fingerprint density at radius 1 is 1.45 bits per heavy atom. The first kappa shape index (κ1) is 13.6. The molecule has 0 radical (unpaired) electrons. The molecule has 20 heavy (non-hydrogen) atoms. The normalized spacial score (nSPS) is 11.8. The Morgan fingerprint density at radius 3 is 2.70 bits per heavy atom. The van der Waals surface area contributed by atoms with Gasteiger partial charge in [0.2, 0.25) is 5.91 Å². The lowest BCUT2D eigenvalue weighted by Crippen LogP contribution is -2.28. The van der Waals surface area contributed by atoms with Crippen LogP contribution < -0.4 is 5.32 Å². The molecule has 0 aliphatic heterocycles. The number of rotatable bonds is 5. The van der Waals surface area contributed by atoms with Crippen molar-refractivity contribution >= 4 is 11.6 Å². The Kier molecular flexibility index (Phi) is 3.99. The number of nitro benzene ring substituents is 1. The van der Waals surface area contributed by atoms with Gasteiger partial charge < -0.3 is 5.32 Å². The quantitative estimate of drug-likeness (QED) is 0.605. The van der Waals surface area contributed by atoms with Gasteiger partial charge in [-0.3, -0.25) is 14.9 Å². The summed E-state index contributed by atoms with van der Waals surface area (Å²) in [5.41, 5.74) is 0.683. The van der Waals surface area contributed by atoms with E-state index < -0.39 is 4.92 Å². The second-order valence-electron chi connectivity index (χ2n) is 4.16. The molecule has 1 heterocycles. The van der Waals surface area contributed by atoms with Gasteiger partial charge in [-0.25, -0.2) is 0 Å². The summed E-state index contributed by atoms with van der Waals surface area (Å²) in [7, 11) is 0. The predicted octanol–water partition coefficient (Wildman–Crippen LogP) is 0.528. The third-order valence-corrected chi connectivity index (χ3v) is 2.64. The molecule has 104 valence electrons. The SMILES string of the molecule is CC(NC(=O)Cc1ccc([N+](=O)[O-])cc1)c1nn[nH]n1. The number of carbonyl (C=O) groups excluding carboxylic acids is 1. The zero-order chi connectivity index (χ0) is 14.5. The summed E-state index contributed by atoms with van der Waals surface area (Å²) >= 11 is 0. The topological polar surface area (TPSA) is 127 Å². The summed E-state index contributed by atoms with van der Waals surface area (Å²) < 4.78 is 0. The Balaban J connectivity index is 1.92. The molecule has 9 heteroatoms. The van der Waals surface area contributed by atoms with Crippen LogP contribution in [0.2, 0.25) is 0 Å². The number of amides is 1. The standard InChI is InChI=1S/C11H12N6O3/c1-7(11-13-15-16-14-11)12-10(18)6-8-2-4-9(5-3-8)17(19)20/h2-5,7H,6H2,1H3,(H,12,18)(H,13,14,15,16). The molecule has 1 amide bonds. The average Bonchev–Trinajstić information content (AvgIpc) is 2.93. The maximum atomic E-state index is 11.8. The van der Waals surface area contributed by atoms with Crippen LogP contribution in [0.15, 0.2) is 24.3 Å². The number of tetrazole rings is 1. The molecule has 0 spiro atoms. The van der Waals surface area contributed by atoms with Crippen molar-refractivity contribution < 1.29 is 9.72 Å². The first-order valence-electron chi connectivity index (χ1n) is 5.82.